The van der Waals surface area contributed by atoms with Gasteiger partial charge in [-0.05, 0) is 0 Å². The Morgan fingerprint density at radius 3 is 0.600 bits per heavy atom. The maximum absolute atomic E-state index is 9.30. The van der Waals surface area contributed by atoms with Gasteiger partial charge >= 0.3 is 0 Å². The second-order valence-electron chi connectivity index (χ2n) is 2.11. The van der Waals surface area contributed by atoms with Gasteiger partial charge in [0.2, 0.25) is 0 Å². The summed E-state index contributed by atoms with van der Waals surface area (Å²) in [6, 6.07) is 0. The van der Waals surface area contributed by atoms with E-state index in [0.717, 1.165) is 19.3 Å². The molecule has 0 saturated carbocycles. The molecule has 0 aromatic rings. The number of hydrogen-bond donors (Lipinski definition) is 3. The van der Waals surface area contributed by atoms with Gasteiger partial charge < -0.3 is 33.8 Å². The van der Waals surface area contributed by atoms with Crippen molar-refractivity contribution in [1.82, 2.24) is 18.5 Å². The lowest BCUT2D eigenvalue weighted by Crippen LogP contribution is -2.01. The van der Waals surface area contributed by atoms with E-state index in [-0.39, 0.29) is 38.3 Å². The third-order valence-electron chi connectivity index (χ3n) is 0.612. The Bertz CT molecular complexity index is 36.1. The lowest BCUT2D eigenvalue weighted by atomic mass is 10.5. The lowest BCUT2D eigenvalue weighted by molar-refractivity contribution is -0.367. The first-order chi connectivity index (χ1) is 5.74. The van der Waals surface area contributed by atoms with E-state index in [9.17, 15) is 15.3 Å². The fourth-order valence-electron chi connectivity index (χ4n) is 0. The smallest absolute Gasteiger partial charge is 0.0667 e. The molecule has 12 N–H and O–H groups in total. The van der Waals surface area contributed by atoms with Crippen LogP contribution in [-0.4, -0.2) is 19.8 Å². The summed E-state index contributed by atoms with van der Waals surface area (Å²) in [5.41, 5.74) is 0. The molecule has 0 amide bonds. The second-order valence-corrected chi connectivity index (χ2v) is 2.11. The Balaban J connectivity index is -0.0000000184. The van der Waals surface area contributed by atoms with Crippen LogP contribution in [0.3, 0.4) is 0 Å². The van der Waals surface area contributed by atoms with Crippen molar-refractivity contribution in [3.05, 3.63) is 0 Å². The molecule has 0 heterocycles. The number of hydrogen-bond acceptors (Lipinski definition) is 3. The minimum atomic E-state index is 0. The fraction of sp³-hybridized carbons (Fsp3) is 1.00. The molecule has 102 valence electrons. The lowest BCUT2D eigenvalue weighted by Gasteiger charge is -1.89. The van der Waals surface area contributed by atoms with E-state index >= 15 is 0 Å². The van der Waals surface area contributed by atoms with Crippen LogP contribution in [0.2, 0.25) is 0 Å². The van der Waals surface area contributed by atoms with Gasteiger partial charge in [0.25, 0.3) is 0 Å². The normalized spacial score (nSPS) is 6.00. The van der Waals surface area contributed by atoms with E-state index in [4.69, 9.17) is 0 Å². The summed E-state index contributed by atoms with van der Waals surface area (Å²) in [6.07, 6.45) is 2.29. The van der Waals surface area contributed by atoms with E-state index < -0.39 is 0 Å². The van der Waals surface area contributed by atoms with Crippen molar-refractivity contribution in [2.24, 2.45) is 0 Å². The van der Waals surface area contributed by atoms with Gasteiger partial charge in [-0.3, -0.25) is 0 Å². The molecule has 6 nitrogen and oxygen atoms in total. The van der Waals surface area contributed by atoms with Crippen molar-refractivity contribution in [3.8, 4) is 0 Å². The molecule has 0 unspecified atom stereocenters. The highest BCUT2D eigenvalue weighted by Crippen LogP contribution is 1.57. The summed E-state index contributed by atoms with van der Waals surface area (Å²) in [5.74, 6) is 0. The predicted molar refractivity (Wildman–Crippen MR) is 63.4 cm³/mol. The third-order valence-corrected chi connectivity index (χ3v) is 0.612. The van der Waals surface area contributed by atoms with Crippen LogP contribution >= 0.6 is 0 Å². The summed E-state index contributed by atoms with van der Waals surface area (Å²) < 4.78 is 0. The predicted octanol–water partition coefficient (Wildman–Crippen LogP) is 0.399. The van der Waals surface area contributed by atoms with Crippen molar-refractivity contribution in [2.75, 3.05) is 19.8 Å². The third kappa shape index (κ3) is 250. The Kier molecular flexibility index (Phi) is 164. The first-order valence-corrected chi connectivity index (χ1v) is 4.49. The first kappa shape index (κ1) is 36.4. The molecule has 0 atom stereocenters. The highest BCUT2D eigenvalue weighted by Gasteiger charge is 1.46. The van der Waals surface area contributed by atoms with Gasteiger partial charge in [-0.2, -0.15) is 0 Å². The van der Waals surface area contributed by atoms with E-state index in [1.54, 1.807) is 0 Å². The molecule has 0 aromatic heterocycles. The van der Waals surface area contributed by atoms with Gasteiger partial charge in [0.15, 0.2) is 0 Å². The quantitative estimate of drug-likeness (QED) is 0.637. The Hall–Kier alpha value is -0.240. The van der Waals surface area contributed by atoms with Crippen molar-refractivity contribution >= 4 is 0 Å². The molecule has 0 aromatic carbocycles. The van der Waals surface area contributed by atoms with Gasteiger partial charge in [-0.25, -0.2) is 0 Å². The van der Waals surface area contributed by atoms with Crippen molar-refractivity contribution < 1.29 is 15.3 Å². The number of quaternary nitrogens is 3. The van der Waals surface area contributed by atoms with E-state index in [2.05, 4.69) is 0 Å². The average Bonchev–Trinajstić information content (AvgIpc) is 2.18. The minimum absolute atomic E-state index is 0. The molecule has 15 heavy (non-hydrogen) atoms. The molecular weight excluding hydrogens is 198 g/mol. The van der Waals surface area contributed by atoms with Crippen LogP contribution in [0.1, 0.15) is 40.0 Å². The monoisotopic (exact) mass is 231 g/mol. The van der Waals surface area contributed by atoms with Crippen LogP contribution < -0.4 is 33.8 Å². The summed E-state index contributed by atoms with van der Waals surface area (Å²) in [5, 5.41) is 27.9. The van der Waals surface area contributed by atoms with E-state index in [0.29, 0.717) is 0 Å². The first-order valence-electron chi connectivity index (χ1n) is 4.49. The molecule has 0 radical (unpaired) electrons. The second kappa shape index (κ2) is 67.5. The van der Waals surface area contributed by atoms with Gasteiger partial charge in [0, 0.05) is 0 Å². The molecule has 0 aliphatic rings. The average molecular weight is 231 g/mol. The van der Waals surface area contributed by atoms with Gasteiger partial charge in [0.1, 0.15) is 0 Å². The summed E-state index contributed by atoms with van der Waals surface area (Å²) in [6.45, 7) is 5.81. The van der Waals surface area contributed by atoms with Crippen LogP contribution in [0.15, 0.2) is 0 Å². The van der Waals surface area contributed by atoms with Gasteiger partial charge in [-0.1, -0.05) is 40.0 Å². The van der Waals surface area contributed by atoms with Crippen molar-refractivity contribution in [1.29, 1.82) is 0 Å². The molecule has 0 fully saturated rings. The minimum Gasteiger partial charge on any atom is -0.854 e. The summed E-state index contributed by atoms with van der Waals surface area (Å²) in [7, 11) is 0. The summed E-state index contributed by atoms with van der Waals surface area (Å²) in [4.78, 5) is 0. The maximum atomic E-state index is 9.30. The van der Waals surface area contributed by atoms with Gasteiger partial charge in [0.05, 0.1) is 0 Å². The van der Waals surface area contributed by atoms with Crippen molar-refractivity contribution in [2.45, 2.75) is 40.0 Å². The zero-order valence-electron chi connectivity index (χ0n) is 11.5. The molecular formula is C9H33N3O3. The molecule has 0 spiro atoms. The number of rotatable bonds is 3. The zero-order chi connectivity index (χ0) is 10.2. The molecule has 0 bridgehead atoms. The van der Waals surface area contributed by atoms with Crippen LogP contribution in [-0.2, 0) is 0 Å². The largest absolute Gasteiger partial charge is 0.854 e. The highest BCUT2D eigenvalue weighted by atomic mass is 16.3. The standard InChI is InChI=1S/3C3H7O.3H3N/c3*1-2-3-4;;;/h3*2-3H2,1H3;3*1H3/q3*-1;;;/p+3. The topological polar surface area (TPSA) is 179 Å². The molecule has 0 rings (SSSR count). The SMILES string of the molecule is CCC[O-].CCC[O-].CCC[O-].[NH4+].[NH4+].[NH4+]. The fourth-order valence-corrected chi connectivity index (χ4v) is 0. The molecule has 0 aliphatic heterocycles. The Labute approximate surface area is 94.5 Å². The Morgan fingerprint density at radius 2 is 0.600 bits per heavy atom. The van der Waals surface area contributed by atoms with E-state index in [1.807, 2.05) is 20.8 Å². The van der Waals surface area contributed by atoms with Crippen LogP contribution in [0.4, 0.5) is 0 Å². The maximum Gasteiger partial charge on any atom is -0.0667 e. The van der Waals surface area contributed by atoms with Gasteiger partial charge in [-0.15, -0.1) is 19.8 Å². The molecule has 6 heteroatoms. The van der Waals surface area contributed by atoms with Crippen LogP contribution in [0.5, 0.6) is 0 Å². The Morgan fingerprint density at radius 1 is 0.533 bits per heavy atom. The van der Waals surface area contributed by atoms with Crippen LogP contribution in [0, 0.1) is 0 Å². The summed E-state index contributed by atoms with van der Waals surface area (Å²) >= 11 is 0. The van der Waals surface area contributed by atoms with E-state index in [1.165, 1.54) is 0 Å². The highest BCUT2D eigenvalue weighted by molar-refractivity contribution is 4.08. The molecule has 0 saturated heterocycles. The van der Waals surface area contributed by atoms with Crippen LogP contribution in [0.25, 0.3) is 0 Å². The van der Waals surface area contributed by atoms with Crippen molar-refractivity contribution in [3.63, 3.8) is 0 Å². The molecule has 0 aliphatic carbocycles. The zero-order valence-corrected chi connectivity index (χ0v) is 11.5.